The highest BCUT2D eigenvalue weighted by Gasteiger charge is 2.06. The minimum absolute atomic E-state index is 0.522. The molecular weight excluding hydrogens is 254 g/mol. The third-order valence-electron chi connectivity index (χ3n) is 2.28. The van der Waals surface area contributed by atoms with E-state index in [9.17, 15) is 0 Å². The maximum Gasteiger partial charge on any atom is 0.205 e. The molecule has 4 heteroatoms. The monoisotopic (exact) mass is 265 g/mol. The van der Waals surface area contributed by atoms with Crippen LogP contribution in [0.15, 0.2) is 28.9 Å². The SMILES string of the molecule is Cc1cn(-c2cc(Br)ccc2C)c(N)n1. The summed E-state index contributed by atoms with van der Waals surface area (Å²) in [5.41, 5.74) is 8.98. The molecule has 0 saturated heterocycles. The second-order valence-electron chi connectivity index (χ2n) is 3.54. The van der Waals surface area contributed by atoms with E-state index in [0.29, 0.717) is 5.95 Å². The topological polar surface area (TPSA) is 43.8 Å². The maximum atomic E-state index is 5.83. The lowest BCUT2D eigenvalue weighted by Crippen LogP contribution is -2.01. The minimum atomic E-state index is 0.522. The number of rotatable bonds is 1. The zero-order valence-electron chi connectivity index (χ0n) is 8.66. The summed E-state index contributed by atoms with van der Waals surface area (Å²) >= 11 is 3.45. The summed E-state index contributed by atoms with van der Waals surface area (Å²) in [5, 5.41) is 0. The van der Waals surface area contributed by atoms with Crippen LogP contribution in [0.2, 0.25) is 0 Å². The van der Waals surface area contributed by atoms with Gasteiger partial charge in [0.25, 0.3) is 0 Å². The zero-order valence-corrected chi connectivity index (χ0v) is 10.2. The summed E-state index contributed by atoms with van der Waals surface area (Å²) in [6, 6.07) is 6.10. The van der Waals surface area contributed by atoms with E-state index in [1.54, 1.807) is 0 Å². The van der Waals surface area contributed by atoms with Gasteiger partial charge in [-0.15, -0.1) is 0 Å². The van der Waals surface area contributed by atoms with Crippen LogP contribution >= 0.6 is 15.9 Å². The number of aryl methyl sites for hydroxylation is 2. The number of anilines is 1. The first-order chi connectivity index (χ1) is 7.08. The van der Waals surface area contributed by atoms with E-state index < -0.39 is 0 Å². The number of nitrogens with two attached hydrogens (primary N) is 1. The highest BCUT2D eigenvalue weighted by molar-refractivity contribution is 9.10. The summed E-state index contributed by atoms with van der Waals surface area (Å²) in [6.45, 7) is 3.98. The molecule has 0 unspecified atom stereocenters. The quantitative estimate of drug-likeness (QED) is 0.862. The number of aromatic nitrogens is 2. The van der Waals surface area contributed by atoms with Crippen LogP contribution in [0.25, 0.3) is 5.69 Å². The number of hydrogen-bond donors (Lipinski definition) is 1. The molecule has 0 atom stereocenters. The predicted molar refractivity (Wildman–Crippen MR) is 65.2 cm³/mol. The summed E-state index contributed by atoms with van der Waals surface area (Å²) < 4.78 is 2.93. The van der Waals surface area contributed by atoms with Gasteiger partial charge in [-0.25, -0.2) is 4.98 Å². The minimum Gasteiger partial charge on any atom is -0.369 e. The smallest absolute Gasteiger partial charge is 0.205 e. The van der Waals surface area contributed by atoms with Crippen molar-refractivity contribution in [3.8, 4) is 5.69 Å². The summed E-state index contributed by atoms with van der Waals surface area (Å²) in [4.78, 5) is 4.18. The molecule has 1 aromatic heterocycles. The Labute approximate surface area is 97.1 Å². The Bertz CT molecular complexity index is 503. The molecule has 78 valence electrons. The summed E-state index contributed by atoms with van der Waals surface area (Å²) in [6.07, 6.45) is 1.93. The van der Waals surface area contributed by atoms with Gasteiger partial charge in [0.2, 0.25) is 5.95 Å². The van der Waals surface area contributed by atoms with Gasteiger partial charge in [0.15, 0.2) is 0 Å². The lowest BCUT2D eigenvalue weighted by atomic mass is 10.2. The van der Waals surface area contributed by atoms with E-state index in [2.05, 4.69) is 27.8 Å². The second-order valence-corrected chi connectivity index (χ2v) is 4.46. The number of hydrogen-bond acceptors (Lipinski definition) is 2. The Morgan fingerprint density at radius 2 is 2.07 bits per heavy atom. The molecule has 0 amide bonds. The summed E-state index contributed by atoms with van der Waals surface area (Å²) in [7, 11) is 0. The lowest BCUT2D eigenvalue weighted by Gasteiger charge is -2.08. The summed E-state index contributed by atoms with van der Waals surface area (Å²) in [5.74, 6) is 0.522. The molecule has 2 N–H and O–H groups in total. The molecular formula is C11H12BrN3. The van der Waals surface area contributed by atoms with Crippen LogP contribution in [0, 0.1) is 13.8 Å². The highest BCUT2D eigenvalue weighted by Crippen LogP contribution is 2.22. The molecule has 0 aliphatic carbocycles. The normalized spacial score (nSPS) is 10.6. The molecule has 0 saturated carbocycles. The van der Waals surface area contributed by atoms with Crippen molar-refractivity contribution in [1.29, 1.82) is 0 Å². The Kier molecular flexibility index (Phi) is 2.52. The standard InChI is InChI=1S/C11H12BrN3/c1-7-3-4-9(12)5-10(7)15-6-8(2)14-11(15)13/h3-6H,1-2H3,(H2,13,14). The van der Waals surface area contributed by atoms with Crippen LogP contribution < -0.4 is 5.73 Å². The first kappa shape index (κ1) is 10.2. The molecule has 0 bridgehead atoms. The average Bonchev–Trinajstić information content (AvgIpc) is 2.50. The fraction of sp³-hybridized carbons (Fsp3) is 0.182. The average molecular weight is 266 g/mol. The molecule has 1 heterocycles. The Morgan fingerprint density at radius 1 is 1.33 bits per heavy atom. The molecule has 1 aromatic carbocycles. The molecule has 0 aliphatic heterocycles. The number of nitrogens with zero attached hydrogens (tertiary/aromatic N) is 2. The fourth-order valence-corrected chi connectivity index (χ4v) is 1.90. The van der Waals surface area contributed by atoms with E-state index in [1.807, 2.05) is 35.9 Å². The van der Waals surface area contributed by atoms with Crippen molar-refractivity contribution in [3.05, 3.63) is 40.1 Å². The van der Waals surface area contributed by atoms with Gasteiger partial charge in [-0.1, -0.05) is 22.0 Å². The molecule has 0 radical (unpaired) electrons. The van der Waals surface area contributed by atoms with E-state index in [4.69, 9.17) is 5.73 Å². The van der Waals surface area contributed by atoms with Crippen LogP contribution in [-0.2, 0) is 0 Å². The largest absolute Gasteiger partial charge is 0.369 e. The third-order valence-corrected chi connectivity index (χ3v) is 2.78. The van der Waals surface area contributed by atoms with Crippen LogP contribution in [0.4, 0.5) is 5.95 Å². The van der Waals surface area contributed by atoms with Crippen LogP contribution in [0.1, 0.15) is 11.3 Å². The van der Waals surface area contributed by atoms with E-state index in [-0.39, 0.29) is 0 Å². The van der Waals surface area contributed by atoms with Crippen molar-refractivity contribution in [2.45, 2.75) is 13.8 Å². The number of halogens is 1. The molecule has 0 aliphatic rings. The molecule has 2 aromatic rings. The van der Waals surface area contributed by atoms with Crippen molar-refractivity contribution in [2.24, 2.45) is 0 Å². The predicted octanol–water partition coefficient (Wildman–Crippen LogP) is 2.83. The Morgan fingerprint density at radius 3 is 2.67 bits per heavy atom. The molecule has 15 heavy (non-hydrogen) atoms. The van der Waals surface area contributed by atoms with Gasteiger partial charge in [-0.05, 0) is 31.5 Å². The molecule has 3 nitrogen and oxygen atoms in total. The molecule has 2 rings (SSSR count). The highest BCUT2D eigenvalue weighted by atomic mass is 79.9. The number of imidazole rings is 1. The zero-order chi connectivity index (χ0) is 11.0. The van der Waals surface area contributed by atoms with Gasteiger partial charge in [-0.3, -0.25) is 4.57 Å². The fourth-order valence-electron chi connectivity index (χ4n) is 1.55. The van der Waals surface area contributed by atoms with Gasteiger partial charge in [0.05, 0.1) is 11.4 Å². The van der Waals surface area contributed by atoms with Gasteiger partial charge in [0.1, 0.15) is 0 Å². The van der Waals surface area contributed by atoms with Crippen molar-refractivity contribution >= 4 is 21.9 Å². The van der Waals surface area contributed by atoms with Crippen molar-refractivity contribution < 1.29 is 0 Å². The van der Waals surface area contributed by atoms with Gasteiger partial charge < -0.3 is 5.73 Å². The van der Waals surface area contributed by atoms with Gasteiger partial charge >= 0.3 is 0 Å². The van der Waals surface area contributed by atoms with E-state index in [0.717, 1.165) is 15.9 Å². The Balaban J connectivity index is 2.62. The van der Waals surface area contributed by atoms with Crippen LogP contribution in [-0.4, -0.2) is 9.55 Å². The molecule has 0 fully saturated rings. The lowest BCUT2D eigenvalue weighted by molar-refractivity contribution is 1.05. The van der Waals surface area contributed by atoms with Gasteiger partial charge in [-0.2, -0.15) is 0 Å². The van der Waals surface area contributed by atoms with Crippen molar-refractivity contribution in [1.82, 2.24) is 9.55 Å². The first-order valence-corrected chi connectivity index (χ1v) is 5.45. The second kappa shape index (κ2) is 3.70. The van der Waals surface area contributed by atoms with Crippen molar-refractivity contribution in [2.75, 3.05) is 5.73 Å². The molecule has 0 spiro atoms. The number of benzene rings is 1. The van der Waals surface area contributed by atoms with E-state index in [1.165, 1.54) is 5.56 Å². The third kappa shape index (κ3) is 1.90. The van der Waals surface area contributed by atoms with Gasteiger partial charge in [0, 0.05) is 10.7 Å². The Hall–Kier alpha value is -1.29. The maximum absolute atomic E-state index is 5.83. The van der Waals surface area contributed by atoms with Crippen LogP contribution in [0.5, 0.6) is 0 Å². The number of nitrogen functional groups attached to an aromatic ring is 1. The van der Waals surface area contributed by atoms with Crippen LogP contribution in [0.3, 0.4) is 0 Å². The van der Waals surface area contributed by atoms with Crippen molar-refractivity contribution in [3.63, 3.8) is 0 Å². The van der Waals surface area contributed by atoms with E-state index >= 15 is 0 Å². The first-order valence-electron chi connectivity index (χ1n) is 4.66.